The number of hydrogen-bond donors (Lipinski definition) is 3. The van der Waals surface area contributed by atoms with Crippen molar-refractivity contribution in [3.8, 4) is 22.5 Å². The Hall–Kier alpha value is -3.82. The van der Waals surface area contributed by atoms with Crippen LogP contribution in [0.5, 0.6) is 0 Å². The van der Waals surface area contributed by atoms with Gasteiger partial charge in [-0.2, -0.15) is 4.98 Å². The third kappa shape index (κ3) is 2.95. The van der Waals surface area contributed by atoms with Crippen LogP contribution in [0.25, 0.3) is 28.2 Å². The summed E-state index contributed by atoms with van der Waals surface area (Å²) < 4.78 is 1.61. The average Bonchev–Trinajstić information content (AvgIpc) is 3.31. The van der Waals surface area contributed by atoms with Crippen molar-refractivity contribution in [2.24, 2.45) is 0 Å². The van der Waals surface area contributed by atoms with Crippen LogP contribution in [0.1, 0.15) is 6.92 Å². The molecule has 4 aromatic rings. The number of aromatic nitrogens is 7. The molecule has 0 aliphatic carbocycles. The van der Waals surface area contributed by atoms with Crippen LogP contribution in [0.4, 0.5) is 10.7 Å². The molecule has 4 rings (SSSR count). The van der Waals surface area contributed by atoms with Crippen molar-refractivity contribution < 1.29 is 4.79 Å². The molecule has 2 amide bonds. The van der Waals surface area contributed by atoms with E-state index in [1.54, 1.807) is 23.1 Å². The molecule has 0 atom stereocenters. The molecule has 0 aliphatic heterocycles. The van der Waals surface area contributed by atoms with Gasteiger partial charge in [0.15, 0.2) is 5.65 Å². The lowest BCUT2D eigenvalue weighted by Gasteiger charge is -2.05. The highest BCUT2D eigenvalue weighted by atomic mass is 16.2. The van der Waals surface area contributed by atoms with E-state index in [0.717, 1.165) is 11.1 Å². The minimum absolute atomic E-state index is 0.198. The highest BCUT2D eigenvalue weighted by Crippen LogP contribution is 2.26. The maximum atomic E-state index is 11.7. The average molecular weight is 349 g/mol. The van der Waals surface area contributed by atoms with Gasteiger partial charge in [0.25, 0.3) is 5.95 Å². The minimum Gasteiger partial charge on any atom is -0.338 e. The summed E-state index contributed by atoms with van der Waals surface area (Å²) in [4.78, 5) is 20.3. The summed E-state index contributed by atoms with van der Waals surface area (Å²) in [5, 5.41) is 20.1. The van der Waals surface area contributed by atoms with Crippen molar-refractivity contribution in [2.45, 2.75) is 6.92 Å². The van der Waals surface area contributed by atoms with Crippen LogP contribution >= 0.6 is 0 Å². The molecule has 0 aliphatic rings. The van der Waals surface area contributed by atoms with Gasteiger partial charge in [0, 0.05) is 24.5 Å². The smallest absolute Gasteiger partial charge is 0.321 e. The number of carbonyl (C=O) groups excluding carboxylic acids is 1. The summed E-state index contributed by atoms with van der Waals surface area (Å²) >= 11 is 0. The number of aromatic amines is 1. The Labute approximate surface area is 147 Å². The lowest BCUT2D eigenvalue weighted by molar-refractivity contribution is 0.252. The van der Waals surface area contributed by atoms with Gasteiger partial charge in [-0.05, 0) is 30.7 Å². The zero-order chi connectivity index (χ0) is 17.9. The van der Waals surface area contributed by atoms with E-state index in [-0.39, 0.29) is 12.0 Å². The number of nitrogens with one attached hydrogen (secondary N) is 3. The predicted molar refractivity (Wildman–Crippen MR) is 94.3 cm³/mol. The first-order valence-corrected chi connectivity index (χ1v) is 7.97. The molecule has 0 bridgehead atoms. The number of amides is 2. The first kappa shape index (κ1) is 15.7. The van der Waals surface area contributed by atoms with Gasteiger partial charge in [0.2, 0.25) is 0 Å². The van der Waals surface area contributed by atoms with Gasteiger partial charge in [-0.25, -0.2) is 9.31 Å². The molecule has 0 fully saturated rings. The molecule has 0 spiro atoms. The molecule has 4 heterocycles. The van der Waals surface area contributed by atoms with Crippen molar-refractivity contribution in [2.75, 3.05) is 11.9 Å². The van der Waals surface area contributed by atoms with Crippen molar-refractivity contribution in [1.82, 2.24) is 40.3 Å². The van der Waals surface area contributed by atoms with Gasteiger partial charge in [0.1, 0.15) is 5.69 Å². The molecule has 3 N–H and O–H groups in total. The molecular weight excluding hydrogens is 334 g/mol. The van der Waals surface area contributed by atoms with E-state index in [9.17, 15) is 4.79 Å². The zero-order valence-corrected chi connectivity index (χ0v) is 13.8. The minimum atomic E-state index is -0.362. The Morgan fingerprint density at radius 2 is 2.23 bits per heavy atom. The molecule has 10 heteroatoms. The van der Waals surface area contributed by atoms with Crippen LogP contribution in [-0.4, -0.2) is 47.6 Å². The molecule has 0 aromatic carbocycles. The summed E-state index contributed by atoms with van der Waals surface area (Å²) in [7, 11) is 0. The number of H-pyrrole nitrogens is 1. The van der Waals surface area contributed by atoms with E-state index in [4.69, 9.17) is 0 Å². The van der Waals surface area contributed by atoms with E-state index in [1.165, 1.54) is 0 Å². The first-order valence-electron chi connectivity index (χ1n) is 7.97. The van der Waals surface area contributed by atoms with Gasteiger partial charge in [-0.3, -0.25) is 15.4 Å². The number of hydrogen-bond acceptors (Lipinski definition) is 6. The predicted octanol–water partition coefficient (Wildman–Crippen LogP) is 1.72. The molecule has 26 heavy (non-hydrogen) atoms. The van der Waals surface area contributed by atoms with Crippen molar-refractivity contribution >= 4 is 17.6 Å². The molecule has 0 saturated carbocycles. The number of rotatable bonds is 4. The van der Waals surface area contributed by atoms with Crippen molar-refractivity contribution in [3.63, 3.8) is 0 Å². The largest absolute Gasteiger partial charge is 0.338 e. The van der Waals surface area contributed by atoms with Gasteiger partial charge in [-0.1, -0.05) is 11.3 Å². The Balaban J connectivity index is 1.85. The Bertz CT molecular complexity index is 1040. The van der Waals surface area contributed by atoms with Gasteiger partial charge in [0.05, 0.1) is 11.9 Å². The molecular formula is C16H15N9O. The quantitative estimate of drug-likeness (QED) is 0.515. The number of nitrogens with zero attached hydrogens (tertiary/aromatic N) is 6. The summed E-state index contributed by atoms with van der Waals surface area (Å²) in [6.07, 6.45) is 5.15. The van der Waals surface area contributed by atoms with Crippen molar-refractivity contribution in [3.05, 3.63) is 42.9 Å². The Kier molecular flexibility index (Phi) is 3.98. The van der Waals surface area contributed by atoms with E-state index >= 15 is 0 Å². The van der Waals surface area contributed by atoms with Crippen LogP contribution in [0.2, 0.25) is 0 Å². The number of anilines is 1. The molecule has 0 unspecified atom stereocenters. The highest BCUT2D eigenvalue weighted by Gasteiger charge is 2.15. The Morgan fingerprint density at radius 1 is 1.31 bits per heavy atom. The van der Waals surface area contributed by atoms with E-state index in [1.807, 2.05) is 31.2 Å². The molecule has 0 saturated heterocycles. The number of fused-ring (bicyclic) bond motifs is 1. The zero-order valence-electron chi connectivity index (χ0n) is 13.8. The summed E-state index contributed by atoms with van der Waals surface area (Å²) in [6.45, 7) is 2.34. The third-order valence-electron chi connectivity index (χ3n) is 3.67. The number of pyridine rings is 2. The summed E-state index contributed by atoms with van der Waals surface area (Å²) in [5.41, 5.74) is 3.69. The second-order valence-electron chi connectivity index (χ2n) is 5.42. The highest BCUT2D eigenvalue weighted by molar-refractivity contribution is 5.87. The normalized spacial score (nSPS) is 10.8. The number of carbonyl (C=O) groups is 1. The van der Waals surface area contributed by atoms with Gasteiger partial charge < -0.3 is 5.32 Å². The Morgan fingerprint density at radius 3 is 2.96 bits per heavy atom. The lowest BCUT2D eigenvalue weighted by Crippen LogP contribution is -2.28. The van der Waals surface area contributed by atoms with Crippen LogP contribution < -0.4 is 10.6 Å². The summed E-state index contributed by atoms with van der Waals surface area (Å²) in [6, 6.07) is 7.25. The fourth-order valence-corrected chi connectivity index (χ4v) is 2.55. The SMILES string of the molecule is CCNC(=O)Nc1nc2cc(-c3cccnc3)cc(-c3c[nH]nn3)n2n1. The van der Waals surface area contributed by atoms with Crippen LogP contribution in [0.15, 0.2) is 42.9 Å². The van der Waals surface area contributed by atoms with E-state index in [0.29, 0.717) is 23.6 Å². The van der Waals surface area contributed by atoms with Crippen LogP contribution in [-0.2, 0) is 0 Å². The molecule has 4 aromatic heterocycles. The fourth-order valence-electron chi connectivity index (χ4n) is 2.55. The maximum absolute atomic E-state index is 11.7. The number of urea groups is 1. The first-order chi connectivity index (χ1) is 12.7. The second-order valence-corrected chi connectivity index (χ2v) is 5.42. The monoisotopic (exact) mass is 349 g/mol. The summed E-state index contributed by atoms with van der Waals surface area (Å²) in [5.74, 6) is 0.198. The topological polar surface area (TPSA) is 126 Å². The van der Waals surface area contributed by atoms with Gasteiger partial charge >= 0.3 is 6.03 Å². The lowest BCUT2D eigenvalue weighted by atomic mass is 10.1. The fraction of sp³-hybridized carbons (Fsp3) is 0.125. The standard InChI is InChI=1S/C16H15N9O/c1-2-18-16(26)21-15-20-14-7-11(10-4-3-5-17-8-10)6-13(25(14)23-15)12-9-19-24-22-12/h3-9H,2H2,1H3,(H,19,22,24)(H2,18,21,23,26). The van der Waals surface area contributed by atoms with E-state index in [2.05, 4.69) is 41.1 Å². The molecule has 0 radical (unpaired) electrons. The van der Waals surface area contributed by atoms with Crippen molar-refractivity contribution in [1.29, 1.82) is 0 Å². The third-order valence-corrected chi connectivity index (χ3v) is 3.67. The van der Waals surface area contributed by atoms with E-state index < -0.39 is 0 Å². The molecule has 10 nitrogen and oxygen atoms in total. The van der Waals surface area contributed by atoms with Gasteiger partial charge in [-0.15, -0.1) is 10.2 Å². The molecule has 130 valence electrons. The van der Waals surface area contributed by atoms with Crippen LogP contribution in [0.3, 0.4) is 0 Å². The van der Waals surface area contributed by atoms with Crippen LogP contribution in [0, 0.1) is 0 Å². The second kappa shape index (κ2) is 6.59. The maximum Gasteiger partial charge on any atom is 0.321 e.